The van der Waals surface area contributed by atoms with E-state index in [1.165, 1.54) is 0 Å². The minimum atomic E-state index is -4.01. The molecule has 0 aliphatic heterocycles. The Hall–Kier alpha value is -3.54. The van der Waals surface area contributed by atoms with Crippen molar-refractivity contribution in [3.8, 4) is 6.07 Å². The molecule has 3 rings (SSSR count). The second-order valence-electron chi connectivity index (χ2n) is 7.63. The maximum Gasteiger partial charge on any atom is 0.245 e. The summed E-state index contributed by atoms with van der Waals surface area (Å²) in [7, 11) is -4.01. The molecule has 0 saturated heterocycles. The summed E-state index contributed by atoms with van der Waals surface area (Å²) in [6.07, 6.45) is -0.0324. The smallest absolute Gasteiger partial charge is 0.245 e. The van der Waals surface area contributed by atoms with Crippen molar-refractivity contribution in [2.45, 2.75) is 23.8 Å². The molecule has 0 saturated carbocycles. The van der Waals surface area contributed by atoms with Crippen LogP contribution in [-0.2, 0) is 21.1 Å². The third-order valence-corrected chi connectivity index (χ3v) is 6.93. The Morgan fingerprint density at radius 1 is 1.09 bits per heavy atom. The number of aryl methyl sites for hydroxylation is 1. The molecule has 0 bridgehead atoms. The minimum absolute atomic E-state index is 0.0324. The standard InChI is InChI=1S/C24H22FN3O3S/c1-17-13-21(10-7-19(17)15-26)28-23(29)24(27,14-18-5-3-2-4-6-18)16-32(30,31)22-11-8-20(25)9-12-22/h2-13H,14,16,27H2,1H3,(H,28,29)/t24-/m1/s1. The van der Waals surface area contributed by atoms with Crippen LogP contribution in [0.1, 0.15) is 16.7 Å². The second kappa shape index (κ2) is 9.30. The van der Waals surface area contributed by atoms with E-state index in [2.05, 4.69) is 5.32 Å². The number of hydrogen-bond acceptors (Lipinski definition) is 5. The van der Waals surface area contributed by atoms with Gasteiger partial charge < -0.3 is 11.1 Å². The number of sulfone groups is 1. The lowest BCUT2D eigenvalue weighted by Gasteiger charge is -2.28. The molecule has 32 heavy (non-hydrogen) atoms. The van der Waals surface area contributed by atoms with Crippen molar-refractivity contribution in [2.75, 3.05) is 11.1 Å². The number of nitrogens with two attached hydrogens (primary N) is 1. The molecule has 0 aliphatic rings. The molecular formula is C24H22FN3O3S. The van der Waals surface area contributed by atoms with E-state index in [9.17, 15) is 17.6 Å². The average Bonchev–Trinajstić information content (AvgIpc) is 2.74. The van der Waals surface area contributed by atoms with Crippen LogP contribution in [-0.4, -0.2) is 25.6 Å². The summed E-state index contributed by atoms with van der Waals surface area (Å²) in [5, 5.41) is 11.8. The van der Waals surface area contributed by atoms with Crippen molar-refractivity contribution in [3.05, 3.63) is 95.3 Å². The summed E-state index contributed by atoms with van der Waals surface area (Å²) in [6.45, 7) is 1.73. The highest BCUT2D eigenvalue weighted by molar-refractivity contribution is 7.91. The van der Waals surface area contributed by atoms with Gasteiger partial charge in [-0.3, -0.25) is 4.79 Å². The fourth-order valence-electron chi connectivity index (χ4n) is 3.34. The highest BCUT2D eigenvalue weighted by Crippen LogP contribution is 2.22. The first-order chi connectivity index (χ1) is 15.1. The number of carbonyl (C=O) groups is 1. The molecule has 6 nitrogen and oxygen atoms in total. The van der Waals surface area contributed by atoms with E-state index in [4.69, 9.17) is 11.0 Å². The number of amides is 1. The summed E-state index contributed by atoms with van der Waals surface area (Å²) in [5.74, 6) is -1.93. The topological polar surface area (TPSA) is 113 Å². The minimum Gasteiger partial charge on any atom is -0.324 e. The van der Waals surface area contributed by atoms with E-state index in [1.807, 2.05) is 6.07 Å². The lowest BCUT2D eigenvalue weighted by atomic mass is 9.92. The molecule has 0 aliphatic carbocycles. The molecule has 0 radical (unpaired) electrons. The molecule has 1 atom stereocenters. The number of halogens is 1. The Bertz CT molecular complexity index is 1270. The molecule has 8 heteroatoms. The van der Waals surface area contributed by atoms with Crippen molar-refractivity contribution in [3.63, 3.8) is 0 Å². The van der Waals surface area contributed by atoms with Crippen LogP contribution in [0.4, 0.5) is 10.1 Å². The normalized spacial score (nSPS) is 13.1. The van der Waals surface area contributed by atoms with Gasteiger partial charge in [-0.25, -0.2) is 12.8 Å². The van der Waals surface area contributed by atoms with Gasteiger partial charge in [0.15, 0.2) is 9.84 Å². The van der Waals surface area contributed by atoms with Crippen molar-refractivity contribution in [2.24, 2.45) is 5.73 Å². The van der Waals surface area contributed by atoms with Gasteiger partial charge in [-0.05, 0) is 60.5 Å². The Morgan fingerprint density at radius 3 is 2.34 bits per heavy atom. The zero-order valence-corrected chi connectivity index (χ0v) is 18.2. The number of carbonyl (C=O) groups excluding carboxylic acids is 1. The van der Waals surface area contributed by atoms with Crippen LogP contribution in [0.15, 0.2) is 77.7 Å². The zero-order valence-electron chi connectivity index (χ0n) is 17.4. The van der Waals surface area contributed by atoms with E-state index in [-0.39, 0.29) is 11.3 Å². The number of benzene rings is 3. The van der Waals surface area contributed by atoms with E-state index >= 15 is 0 Å². The third-order valence-electron chi connectivity index (χ3n) is 5.04. The Morgan fingerprint density at radius 2 is 1.75 bits per heavy atom. The number of hydrogen-bond donors (Lipinski definition) is 2. The van der Waals surface area contributed by atoms with Gasteiger partial charge >= 0.3 is 0 Å². The lowest BCUT2D eigenvalue weighted by molar-refractivity contribution is -0.120. The maximum absolute atomic E-state index is 13.3. The highest BCUT2D eigenvalue weighted by Gasteiger charge is 2.40. The Kier molecular flexibility index (Phi) is 6.72. The van der Waals surface area contributed by atoms with E-state index in [1.54, 1.807) is 55.5 Å². The lowest BCUT2D eigenvalue weighted by Crippen LogP contribution is -2.57. The van der Waals surface area contributed by atoms with Crippen molar-refractivity contribution < 1.29 is 17.6 Å². The molecule has 0 aromatic heterocycles. The highest BCUT2D eigenvalue weighted by atomic mass is 32.2. The van der Waals surface area contributed by atoms with Crippen LogP contribution < -0.4 is 11.1 Å². The van der Waals surface area contributed by atoms with E-state index in [0.717, 1.165) is 24.3 Å². The average molecular weight is 452 g/mol. The summed E-state index contributed by atoms with van der Waals surface area (Å²) < 4.78 is 39.3. The van der Waals surface area contributed by atoms with Gasteiger partial charge in [0, 0.05) is 12.1 Å². The number of nitrogens with zero attached hydrogens (tertiary/aromatic N) is 1. The predicted molar refractivity (Wildman–Crippen MR) is 120 cm³/mol. The largest absolute Gasteiger partial charge is 0.324 e. The number of nitriles is 1. The first-order valence-electron chi connectivity index (χ1n) is 9.76. The number of rotatable bonds is 7. The SMILES string of the molecule is Cc1cc(NC(=O)[C@@](N)(Cc2ccccc2)CS(=O)(=O)c2ccc(F)cc2)ccc1C#N. The van der Waals surface area contributed by atoms with Gasteiger partial charge in [-0.2, -0.15) is 5.26 Å². The Labute approximate surface area is 186 Å². The van der Waals surface area contributed by atoms with Crippen LogP contribution in [0.3, 0.4) is 0 Å². The molecule has 1 amide bonds. The van der Waals surface area contributed by atoms with E-state index < -0.39 is 32.9 Å². The van der Waals surface area contributed by atoms with Crippen LogP contribution >= 0.6 is 0 Å². The Balaban J connectivity index is 1.94. The monoisotopic (exact) mass is 451 g/mol. The summed E-state index contributed by atoms with van der Waals surface area (Å²) in [6, 6.07) is 20.0. The fourth-order valence-corrected chi connectivity index (χ4v) is 4.97. The van der Waals surface area contributed by atoms with Crippen molar-refractivity contribution >= 4 is 21.4 Å². The summed E-state index contributed by atoms with van der Waals surface area (Å²) in [4.78, 5) is 13.1. The molecule has 0 fully saturated rings. The quantitative estimate of drug-likeness (QED) is 0.535. The molecule has 164 valence electrons. The van der Waals surface area contributed by atoms with Crippen LogP contribution in [0.2, 0.25) is 0 Å². The predicted octanol–water partition coefficient (Wildman–Crippen LogP) is 3.36. The van der Waals surface area contributed by atoms with Gasteiger partial charge in [0.1, 0.15) is 11.4 Å². The van der Waals surface area contributed by atoms with Gasteiger partial charge in [-0.1, -0.05) is 30.3 Å². The fraction of sp³-hybridized carbons (Fsp3) is 0.167. The summed E-state index contributed by atoms with van der Waals surface area (Å²) >= 11 is 0. The second-order valence-corrected chi connectivity index (χ2v) is 9.62. The van der Waals surface area contributed by atoms with Crippen LogP contribution in [0, 0.1) is 24.1 Å². The molecule has 0 spiro atoms. The molecule has 0 heterocycles. The number of nitrogens with one attached hydrogen (secondary N) is 1. The maximum atomic E-state index is 13.3. The third kappa shape index (κ3) is 5.38. The van der Waals surface area contributed by atoms with Gasteiger partial charge in [0.2, 0.25) is 5.91 Å². The first-order valence-corrected chi connectivity index (χ1v) is 11.4. The van der Waals surface area contributed by atoms with Crippen LogP contribution in [0.25, 0.3) is 0 Å². The molecule has 3 aromatic carbocycles. The zero-order chi connectivity index (χ0) is 23.4. The summed E-state index contributed by atoms with van der Waals surface area (Å²) in [5.41, 5.74) is 6.85. The van der Waals surface area contributed by atoms with Gasteiger partial charge in [0.25, 0.3) is 0 Å². The molecule has 3 aromatic rings. The van der Waals surface area contributed by atoms with E-state index in [0.29, 0.717) is 22.4 Å². The molecular weight excluding hydrogens is 429 g/mol. The molecule has 0 unspecified atom stereocenters. The van der Waals surface area contributed by atoms with Gasteiger partial charge in [0.05, 0.1) is 22.3 Å². The first kappa shape index (κ1) is 23.1. The number of anilines is 1. The van der Waals surface area contributed by atoms with Crippen molar-refractivity contribution in [1.29, 1.82) is 5.26 Å². The van der Waals surface area contributed by atoms with Gasteiger partial charge in [-0.15, -0.1) is 0 Å². The molecule has 3 N–H and O–H groups in total. The van der Waals surface area contributed by atoms with Crippen molar-refractivity contribution in [1.82, 2.24) is 0 Å². The van der Waals surface area contributed by atoms with Crippen LogP contribution in [0.5, 0.6) is 0 Å².